The van der Waals surface area contributed by atoms with Gasteiger partial charge in [0.25, 0.3) is 0 Å². The molecular weight excluding hydrogens is 236 g/mol. The third kappa shape index (κ3) is 4.73. The van der Waals surface area contributed by atoms with Crippen molar-refractivity contribution in [3.63, 3.8) is 0 Å². The second-order valence-corrected chi connectivity index (χ2v) is 6.77. The molecule has 0 aromatic carbocycles. The Hall–Kier alpha value is -1.10. The lowest BCUT2D eigenvalue weighted by Crippen LogP contribution is -2.27. The first-order valence-electron chi connectivity index (χ1n) is 5.54. The molecule has 0 radical (unpaired) electrons. The van der Waals surface area contributed by atoms with Gasteiger partial charge in [-0.05, 0) is 20.8 Å². The van der Waals surface area contributed by atoms with Gasteiger partial charge in [-0.2, -0.15) is 0 Å². The van der Waals surface area contributed by atoms with Gasteiger partial charge >= 0.3 is 6.09 Å². The first-order chi connectivity index (χ1) is 7.58. The molecule has 1 aromatic rings. The SMILES string of the molecule is CC(C)(C)OC(=O)Nc1csc(C(C)(C)C)n1. The summed E-state index contributed by atoms with van der Waals surface area (Å²) in [5.74, 6) is 0.550. The number of anilines is 1. The number of carbonyl (C=O) groups excluding carboxylic acids is 1. The molecule has 0 unspecified atom stereocenters. The lowest BCUT2D eigenvalue weighted by Gasteiger charge is -2.19. The summed E-state index contributed by atoms with van der Waals surface area (Å²) < 4.78 is 5.15. The molecule has 1 N–H and O–H groups in total. The second-order valence-electron chi connectivity index (χ2n) is 5.91. The Morgan fingerprint density at radius 1 is 1.29 bits per heavy atom. The van der Waals surface area contributed by atoms with Crippen LogP contribution in [-0.2, 0) is 10.2 Å². The highest BCUT2D eigenvalue weighted by atomic mass is 32.1. The van der Waals surface area contributed by atoms with Gasteiger partial charge in [0.2, 0.25) is 0 Å². The minimum absolute atomic E-state index is 0.00146. The molecule has 1 heterocycles. The average Bonchev–Trinajstić information content (AvgIpc) is 2.47. The maximum atomic E-state index is 11.5. The Bertz CT molecular complexity index is 399. The van der Waals surface area contributed by atoms with E-state index in [1.807, 2.05) is 26.2 Å². The summed E-state index contributed by atoms with van der Waals surface area (Å²) in [6, 6.07) is 0. The summed E-state index contributed by atoms with van der Waals surface area (Å²) >= 11 is 1.54. The van der Waals surface area contributed by atoms with Crippen molar-refractivity contribution in [1.29, 1.82) is 0 Å². The van der Waals surface area contributed by atoms with E-state index in [-0.39, 0.29) is 5.41 Å². The summed E-state index contributed by atoms with van der Waals surface area (Å²) in [6.07, 6.45) is -0.469. The molecule has 0 aliphatic carbocycles. The molecule has 1 amide bonds. The van der Waals surface area contributed by atoms with Crippen LogP contribution < -0.4 is 5.32 Å². The first kappa shape index (κ1) is 14.0. The summed E-state index contributed by atoms with van der Waals surface area (Å²) in [5, 5.41) is 5.44. The van der Waals surface area contributed by atoms with E-state index in [0.29, 0.717) is 5.82 Å². The third-order valence-electron chi connectivity index (χ3n) is 1.77. The van der Waals surface area contributed by atoms with Crippen LogP contribution in [0.4, 0.5) is 10.6 Å². The first-order valence-corrected chi connectivity index (χ1v) is 6.42. The molecule has 0 aliphatic heterocycles. The largest absolute Gasteiger partial charge is 0.444 e. The van der Waals surface area contributed by atoms with E-state index in [0.717, 1.165) is 5.01 Å². The number of carbonyl (C=O) groups is 1. The summed E-state index contributed by atoms with van der Waals surface area (Å²) in [7, 11) is 0. The minimum atomic E-state index is -0.493. The van der Waals surface area contributed by atoms with Crippen molar-refractivity contribution in [3.8, 4) is 0 Å². The molecular formula is C12H20N2O2S. The summed E-state index contributed by atoms with van der Waals surface area (Å²) in [5.41, 5.74) is -0.495. The van der Waals surface area contributed by atoms with E-state index >= 15 is 0 Å². The Morgan fingerprint density at radius 2 is 1.88 bits per heavy atom. The van der Waals surface area contributed by atoms with E-state index in [2.05, 4.69) is 31.1 Å². The van der Waals surface area contributed by atoms with Gasteiger partial charge < -0.3 is 4.74 Å². The predicted molar refractivity (Wildman–Crippen MR) is 70.7 cm³/mol. The summed E-state index contributed by atoms with van der Waals surface area (Å²) in [6.45, 7) is 11.7. The van der Waals surface area contributed by atoms with E-state index in [1.165, 1.54) is 11.3 Å². The lowest BCUT2D eigenvalue weighted by molar-refractivity contribution is 0.0635. The highest BCUT2D eigenvalue weighted by Crippen LogP contribution is 2.27. The maximum Gasteiger partial charge on any atom is 0.413 e. The normalized spacial score (nSPS) is 12.4. The minimum Gasteiger partial charge on any atom is -0.444 e. The number of nitrogens with zero attached hydrogens (tertiary/aromatic N) is 1. The number of hydrogen-bond acceptors (Lipinski definition) is 4. The van der Waals surface area contributed by atoms with Gasteiger partial charge in [0.05, 0.1) is 0 Å². The van der Waals surface area contributed by atoms with Crippen molar-refractivity contribution < 1.29 is 9.53 Å². The molecule has 0 aliphatic rings. The fourth-order valence-corrected chi connectivity index (χ4v) is 1.92. The molecule has 0 fully saturated rings. The number of amides is 1. The smallest absolute Gasteiger partial charge is 0.413 e. The van der Waals surface area contributed by atoms with Crippen LogP contribution in [0, 0.1) is 0 Å². The molecule has 17 heavy (non-hydrogen) atoms. The van der Waals surface area contributed by atoms with Gasteiger partial charge in [-0.3, -0.25) is 5.32 Å². The van der Waals surface area contributed by atoms with Crippen molar-refractivity contribution in [2.75, 3.05) is 5.32 Å². The van der Waals surface area contributed by atoms with Crippen LogP contribution >= 0.6 is 11.3 Å². The van der Waals surface area contributed by atoms with Gasteiger partial charge in [-0.25, -0.2) is 9.78 Å². The van der Waals surface area contributed by atoms with Gasteiger partial charge in [-0.1, -0.05) is 20.8 Å². The van der Waals surface area contributed by atoms with Crippen LogP contribution in [0.3, 0.4) is 0 Å². The fourth-order valence-electron chi connectivity index (χ4n) is 1.08. The van der Waals surface area contributed by atoms with Crippen molar-refractivity contribution in [2.24, 2.45) is 0 Å². The van der Waals surface area contributed by atoms with Gasteiger partial charge in [0.15, 0.2) is 0 Å². The number of hydrogen-bond donors (Lipinski definition) is 1. The van der Waals surface area contributed by atoms with Gasteiger partial charge in [0.1, 0.15) is 16.4 Å². The van der Waals surface area contributed by atoms with E-state index < -0.39 is 11.7 Å². The zero-order valence-corrected chi connectivity index (χ0v) is 12.1. The second kappa shape index (κ2) is 4.64. The standard InChI is InChI=1S/C12H20N2O2S/c1-11(2,3)9-13-8(7-17-9)14-10(15)16-12(4,5)6/h7H,1-6H3,(H,14,15). The van der Waals surface area contributed by atoms with E-state index in [9.17, 15) is 4.79 Å². The van der Waals surface area contributed by atoms with E-state index in [1.54, 1.807) is 0 Å². The van der Waals surface area contributed by atoms with Crippen molar-refractivity contribution in [1.82, 2.24) is 4.98 Å². The monoisotopic (exact) mass is 256 g/mol. The van der Waals surface area contributed by atoms with Gasteiger partial charge in [0, 0.05) is 10.8 Å². The molecule has 0 bridgehead atoms. The molecule has 0 saturated heterocycles. The third-order valence-corrected chi connectivity index (χ3v) is 3.04. The predicted octanol–water partition coefficient (Wildman–Crippen LogP) is 3.79. The topological polar surface area (TPSA) is 51.2 Å². The van der Waals surface area contributed by atoms with Crippen LogP contribution in [0.5, 0.6) is 0 Å². The van der Waals surface area contributed by atoms with Gasteiger partial charge in [-0.15, -0.1) is 11.3 Å². The summed E-state index contributed by atoms with van der Waals surface area (Å²) in [4.78, 5) is 15.9. The number of nitrogens with one attached hydrogen (secondary N) is 1. The molecule has 1 rings (SSSR count). The highest BCUT2D eigenvalue weighted by Gasteiger charge is 2.20. The molecule has 0 saturated carbocycles. The number of aromatic nitrogens is 1. The zero-order valence-electron chi connectivity index (χ0n) is 11.2. The lowest BCUT2D eigenvalue weighted by atomic mass is 9.98. The average molecular weight is 256 g/mol. The van der Waals surface area contributed by atoms with Crippen LogP contribution in [0.2, 0.25) is 0 Å². The fraction of sp³-hybridized carbons (Fsp3) is 0.667. The van der Waals surface area contributed by atoms with Crippen LogP contribution in [-0.4, -0.2) is 16.7 Å². The zero-order chi connectivity index (χ0) is 13.3. The Labute approximate surface area is 106 Å². The molecule has 1 aromatic heterocycles. The van der Waals surface area contributed by atoms with E-state index in [4.69, 9.17) is 4.74 Å². The number of ether oxygens (including phenoxy) is 1. The van der Waals surface area contributed by atoms with Crippen LogP contribution in [0.15, 0.2) is 5.38 Å². The Balaban J connectivity index is 2.65. The molecule has 96 valence electrons. The van der Waals surface area contributed by atoms with Crippen molar-refractivity contribution >= 4 is 23.2 Å². The molecule has 0 spiro atoms. The van der Waals surface area contributed by atoms with Crippen molar-refractivity contribution in [2.45, 2.75) is 52.6 Å². The van der Waals surface area contributed by atoms with Crippen LogP contribution in [0.25, 0.3) is 0 Å². The highest BCUT2D eigenvalue weighted by molar-refractivity contribution is 7.10. The number of thiazole rings is 1. The molecule has 4 nitrogen and oxygen atoms in total. The Kier molecular flexibility index (Phi) is 3.81. The number of rotatable bonds is 1. The molecule has 5 heteroatoms. The quantitative estimate of drug-likeness (QED) is 0.831. The van der Waals surface area contributed by atoms with Crippen molar-refractivity contribution in [3.05, 3.63) is 10.4 Å². The maximum absolute atomic E-state index is 11.5. The van der Waals surface area contributed by atoms with Crippen LogP contribution in [0.1, 0.15) is 46.6 Å². The molecule has 0 atom stereocenters. The Morgan fingerprint density at radius 3 is 2.29 bits per heavy atom.